The Balaban J connectivity index is 2.58. The second-order valence-electron chi connectivity index (χ2n) is 3.95. The summed E-state index contributed by atoms with van der Waals surface area (Å²) in [7, 11) is 1.76. The third-order valence-corrected chi connectivity index (χ3v) is 2.50. The third-order valence-electron chi connectivity index (χ3n) is 2.50. The fourth-order valence-electron chi connectivity index (χ4n) is 1.55. The zero-order valence-electron chi connectivity index (χ0n) is 10.0. The number of benzene rings is 1. The van der Waals surface area contributed by atoms with Crippen LogP contribution < -0.4 is 5.73 Å². The van der Waals surface area contributed by atoms with Gasteiger partial charge in [0.15, 0.2) is 0 Å². The van der Waals surface area contributed by atoms with Gasteiger partial charge in [0, 0.05) is 20.0 Å². The Morgan fingerprint density at radius 2 is 2.29 bits per heavy atom. The molecule has 2 N–H and O–H groups in total. The first kappa shape index (κ1) is 13.2. The van der Waals surface area contributed by atoms with Crippen molar-refractivity contribution in [3.05, 3.63) is 35.4 Å². The van der Waals surface area contributed by atoms with E-state index >= 15 is 0 Å². The molecule has 4 nitrogen and oxygen atoms in total. The van der Waals surface area contributed by atoms with Gasteiger partial charge in [0.25, 0.3) is 0 Å². The SMILES string of the molecule is CN(Cc1cccc(C#N)c1)C(=O)CCCN. The van der Waals surface area contributed by atoms with Gasteiger partial charge in [-0.2, -0.15) is 5.26 Å². The molecule has 1 aromatic carbocycles. The van der Waals surface area contributed by atoms with Crippen molar-refractivity contribution < 1.29 is 4.79 Å². The molecule has 0 atom stereocenters. The maximum absolute atomic E-state index is 11.7. The van der Waals surface area contributed by atoms with E-state index in [0.717, 1.165) is 5.56 Å². The fourth-order valence-corrected chi connectivity index (χ4v) is 1.55. The lowest BCUT2D eigenvalue weighted by Crippen LogP contribution is -2.26. The topological polar surface area (TPSA) is 70.1 Å². The average molecular weight is 231 g/mol. The van der Waals surface area contributed by atoms with Gasteiger partial charge < -0.3 is 10.6 Å². The molecule has 1 amide bonds. The first-order valence-corrected chi connectivity index (χ1v) is 5.60. The lowest BCUT2D eigenvalue weighted by molar-refractivity contribution is -0.130. The number of carbonyl (C=O) groups excluding carboxylic acids is 1. The molecule has 4 heteroatoms. The van der Waals surface area contributed by atoms with E-state index in [0.29, 0.717) is 31.5 Å². The van der Waals surface area contributed by atoms with Gasteiger partial charge >= 0.3 is 0 Å². The molecule has 1 rings (SSSR count). The van der Waals surface area contributed by atoms with E-state index in [-0.39, 0.29) is 5.91 Å². The maximum Gasteiger partial charge on any atom is 0.222 e. The van der Waals surface area contributed by atoms with Crippen LogP contribution >= 0.6 is 0 Å². The van der Waals surface area contributed by atoms with Crippen LogP contribution in [0.15, 0.2) is 24.3 Å². The molecule has 0 spiro atoms. The molecule has 0 radical (unpaired) electrons. The zero-order valence-corrected chi connectivity index (χ0v) is 10.0. The lowest BCUT2D eigenvalue weighted by atomic mass is 10.1. The van der Waals surface area contributed by atoms with Crippen molar-refractivity contribution in [2.24, 2.45) is 5.73 Å². The molecule has 0 fully saturated rings. The van der Waals surface area contributed by atoms with Crippen LogP contribution in [0.3, 0.4) is 0 Å². The van der Waals surface area contributed by atoms with Crippen LogP contribution in [0.1, 0.15) is 24.0 Å². The molecule has 0 saturated heterocycles. The highest BCUT2D eigenvalue weighted by Gasteiger charge is 2.08. The van der Waals surface area contributed by atoms with Crippen LogP contribution in [0.4, 0.5) is 0 Å². The average Bonchev–Trinajstić information content (AvgIpc) is 2.36. The molecule has 0 heterocycles. The van der Waals surface area contributed by atoms with Crippen molar-refractivity contribution in [3.63, 3.8) is 0 Å². The van der Waals surface area contributed by atoms with Crippen molar-refractivity contribution in [2.75, 3.05) is 13.6 Å². The fraction of sp³-hybridized carbons (Fsp3) is 0.385. The highest BCUT2D eigenvalue weighted by molar-refractivity contribution is 5.75. The number of nitrogens with two attached hydrogens (primary N) is 1. The van der Waals surface area contributed by atoms with Crippen LogP contribution in [0.25, 0.3) is 0 Å². The van der Waals surface area contributed by atoms with Gasteiger partial charge in [-0.1, -0.05) is 12.1 Å². The summed E-state index contributed by atoms with van der Waals surface area (Å²) in [5, 5.41) is 8.78. The zero-order chi connectivity index (χ0) is 12.7. The van der Waals surface area contributed by atoms with E-state index in [9.17, 15) is 4.79 Å². The largest absolute Gasteiger partial charge is 0.341 e. The molecule has 0 bridgehead atoms. The maximum atomic E-state index is 11.7. The highest BCUT2D eigenvalue weighted by Crippen LogP contribution is 2.08. The summed E-state index contributed by atoms with van der Waals surface area (Å²) in [6, 6.07) is 9.37. The van der Waals surface area contributed by atoms with E-state index in [4.69, 9.17) is 11.0 Å². The summed E-state index contributed by atoms with van der Waals surface area (Å²) in [5.74, 6) is 0.0813. The second-order valence-corrected chi connectivity index (χ2v) is 3.95. The van der Waals surface area contributed by atoms with Gasteiger partial charge in [-0.3, -0.25) is 4.79 Å². The van der Waals surface area contributed by atoms with E-state index in [2.05, 4.69) is 6.07 Å². The summed E-state index contributed by atoms with van der Waals surface area (Å²) in [6.07, 6.45) is 1.19. The Kier molecular flexibility index (Phi) is 5.18. The van der Waals surface area contributed by atoms with Crippen LogP contribution in [-0.4, -0.2) is 24.4 Å². The first-order valence-electron chi connectivity index (χ1n) is 5.60. The first-order chi connectivity index (χ1) is 8.17. The van der Waals surface area contributed by atoms with Gasteiger partial charge in [-0.25, -0.2) is 0 Å². The molecular weight excluding hydrogens is 214 g/mol. The van der Waals surface area contributed by atoms with Gasteiger partial charge in [-0.15, -0.1) is 0 Å². The summed E-state index contributed by atoms with van der Waals surface area (Å²) in [6.45, 7) is 1.06. The van der Waals surface area contributed by atoms with Crippen LogP contribution in [0.2, 0.25) is 0 Å². The molecule has 1 aromatic rings. The number of hydrogen-bond donors (Lipinski definition) is 1. The standard InChI is InChI=1S/C13H17N3O/c1-16(13(17)6-3-7-14)10-12-5-2-4-11(8-12)9-15/h2,4-5,8H,3,6-7,10,14H2,1H3. The van der Waals surface area contributed by atoms with E-state index < -0.39 is 0 Å². The van der Waals surface area contributed by atoms with Gasteiger partial charge in [0.2, 0.25) is 5.91 Å². The molecular formula is C13H17N3O. The molecule has 0 aliphatic carbocycles. The number of nitrogens with zero attached hydrogens (tertiary/aromatic N) is 2. The Bertz CT molecular complexity index is 423. The van der Waals surface area contributed by atoms with Crippen LogP contribution in [0, 0.1) is 11.3 Å². The predicted molar refractivity (Wildman–Crippen MR) is 65.9 cm³/mol. The summed E-state index contributed by atoms with van der Waals surface area (Å²) < 4.78 is 0. The molecule has 0 saturated carbocycles. The van der Waals surface area contributed by atoms with Crippen LogP contribution in [0.5, 0.6) is 0 Å². The second kappa shape index (κ2) is 6.66. The monoisotopic (exact) mass is 231 g/mol. The molecule has 0 aliphatic rings. The number of carbonyl (C=O) groups is 1. The number of amides is 1. The predicted octanol–water partition coefficient (Wildman–Crippen LogP) is 1.26. The molecule has 0 unspecified atom stereocenters. The number of nitriles is 1. The summed E-state index contributed by atoms with van der Waals surface area (Å²) in [5.41, 5.74) is 6.94. The van der Waals surface area contributed by atoms with Gasteiger partial charge in [-0.05, 0) is 30.7 Å². The van der Waals surface area contributed by atoms with Crippen molar-refractivity contribution in [1.29, 1.82) is 5.26 Å². The molecule has 0 aromatic heterocycles. The molecule has 17 heavy (non-hydrogen) atoms. The van der Waals surface area contributed by atoms with E-state index in [1.807, 2.05) is 12.1 Å². The Hall–Kier alpha value is -1.86. The Morgan fingerprint density at radius 3 is 2.94 bits per heavy atom. The van der Waals surface area contributed by atoms with Gasteiger partial charge in [0.1, 0.15) is 0 Å². The quantitative estimate of drug-likeness (QED) is 0.829. The normalized spacial score (nSPS) is 9.71. The Morgan fingerprint density at radius 1 is 1.53 bits per heavy atom. The molecule has 90 valence electrons. The summed E-state index contributed by atoms with van der Waals surface area (Å²) in [4.78, 5) is 13.3. The summed E-state index contributed by atoms with van der Waals surface area (Å²) >= 11 is 0. The number of hydrogen-bond acceptors (Lipinski definition) is 3. The highest BCUT2D eigenvalue weighted by atomic mass is 16.2. The number of rotatable bonds is 5. The minimum absolute atomic E-state index is 0.0813. The van der Waals surface area contributed by atoms with Crippen molar-refractivity contribution in [2.45, 2.75) is 19.4 Å². The smallest absolute Gasteiger partial charge is 0.222 e. The van der Waals surface area contributed by atoms with Crippen molar-refractivity contribution in [3.8, 4) is 6.07 Å². The van der Waals surface area contributed by atoms with Gasteiger partial charge in [0.05, 0.1) is 11.6 Å². The molecule has 0 aliphatic heterocycles. The van der Waals surface area contributed by atoms with E-state index in [1.165, 1.54) is 0 Å². The minimum Gasteiger partial charge on any atom is -0.341 e. The minimum atomic E-state index is 0.0813. The van der Waals surface area contributed by atoms with Crippen molar-refractivity contribution >= 4 is 5.91 Å². The lowest BCUT2D eigenvalue weighted by Gasteiger charge is -2.17. The van der Waals surface area contributed by atoms with Crippen molar-refractivity contribution in [1.82, 2.24) is 4.90 Å². The van der Waals surface area contributed by atoms with Crippen LogP contribution in [-0.2, 0) is 11.3 Å². The Labute approximate surface area is 102 Å². The van der Waals surface area contributed by atoms with E-state index in [1.54, 1.807) is 24.1 Å². The third kappa shape index (κ3) is 4.25.